The van der Waals surface area contributed by atoms with Crippen LogP contribution in [0.3, 0.4) is 0 Å². The molecular weight excluding hydrogens is 293 g/mol. The number of benzene rings is 2. The van der Waals surface area contributed by atoms with Gasteiger partial charge in [-0.15, -0.1) is 0 Å². The van der Waals surface area contributed by atoms with E-state index in [1.165, 1.54) is 12.1 Å². The summed E-state index contributed by atoms with van der Waals surface area (Å²) in [5.41, 5.74) is 9.25. The maximum Gasteiger partial charge on any atom is 0.422 e. The van der Waals surface area contributed by atoms with Crippen molar-refractivity contribution < 1.29 is 17.9 Å². The van der Waals surface area contributed by atoms with Gasteiger partial charge in [-0.1, -0.05) is 0 Å². The van der Waals surface area contributed by atoms with Crippen LogP contribution < -0.4 is 15.4 Å². The summed E-state index contributed by atoms with van der Waals surface area (Å²) < 4.78 is 41.0. The summed E-state index contributed by atoms with van der Waals surface area (Å²) in [5.74, 6) is 0.183. The van der Waals surface area contributed by atoms with Crippen LogP contribution in [0.25, 0.3) is 0 Å². The number of nitrogens with zero attached hydrogens (tertiary/aromatic N) is 1. The maximum atomic E-state index is 12.1. The molecule has 0 aliphatic rings. The Hall–Kier alpha value is -2.37. The van der Waals surface area contributed by atoms with Gasteiger partial charge in [-0.25, -0.2) is 0 Å². The van der Waals surface area contributed by atoms with E-state index >= 15 is 0 Å². The third kappa shape index (κ3) is 4.07. The molecule has 0 spiro atoms. The highest BCUT2D eigenvalue weighted by Gasteiger charge is 2.28. The van der Waals surface area contributed by atoms with Crippen LogP contribution in [0, 0.1) is 6.92 Å². The van der Waals surface area contributed by atoms with Gasteiger partial charge in [0.15, 0.2) is 6.61 Å². The van der Waals surface area contributed by atoms with Crippen LogP contribution >= 0.6 is 0 Å². The summed E-state index contributed by atoms with van der Waals surface area (Å²) in [6, 6.07) is 12.1. The molecule has 2 rings (SSSR count). The summed E-state index contributed by atoms with van der Waals surface area (Å²) in [4.78, 5) is 1.92. The SMILES string of the molecule is Cc1cc(N(C)c2ccc(OCC(F)(F)F)cc2)ccc1N. The molecule has 3 nitrogen and oxygen atoms in total. The van der Waals surface area contributed by atoms with E-state index in [9.17, 15) is 13.2 Å². The van der Waals surface area contributed by atoms with Gasteiger partial charge in [-0.05, 0) is 55.0 Å². The van der Waals surface area contributed by atoms with Crippen molar-refractivity contribution in [2.75, 3.05) is 24.3 Å². The van der Waals surface area contributed by atoms with Gasteiger partial charge in [-0.2, -0.15) is 13.2 Å². The lowest BCUT2D eigenvalue weighted by molar-refractivity contribution is -0.153. The number of anilines is 3. The van der Waals surface area contributed by atoms with Crippen molar-refractivity contribution in [3.8, 4) is 5.75 Å². The van der Waals surface area contributed by atoms with E-state index in [2.05, 4.69) is 4.74 Å². The van der Waals surface area contributed by atoms with Crippen LogP contribution in [0.5, 0.6) is 5.75 Å². The van der Waals surface area contributed by atoms with Crippen LogP contribution in [0.1, 0.15) is 5.56 Å². The van der Waals surface area contributed by atoms with Crippen LogP contribution in [0.15, 0.2) is 42.5 Å². The summed E-state index contributed by atoms with van der Waals surface area (Å²) in [5, 5.41) is 0. The number of nitrogen functional groups attached to an aromatic ring is 1. The molecule has 0 saturated heterocycles. The molecule has 0 heterocycles. The first-order valence-electron chi connectivity index (χ1n) is 6.66. The number of hydrogen-bond donors (Lipinski definition) is 1. The highest BCUT2D eigenvalue weighted by atomic mass is 19.4. The summed E-state index contributed by atoms with van der Waals surface area (Å²) in [6.07, 6.45) is -4.34. The molecule has 0 atom stereocenters. The highest BCUT2D eigenvalue weighted by molar-refractivity contribution is 5.66. The van der Waals surface area contributed by atoms with Gasteiger partial charge in [0.2, 0.25) is 0 Å². The number of aryl methyl sites for hydroxylation is 1. The average Bonchev–Trinajstić information content (AvgIpc) is 2.47. The Morgan fingerprint density at radius 3 is 2.18 bits per heavy atom. The van der Waals surface area contributed by atoms with Crippen molar-refractivity contribution >= 4 is 17.1 Å². The topological polar surface area (TPSA) is 38.5 Å². The molecule has 0 bridgehead atoms. The van der Waals surface area contributed by atoms with Crippen molar-refractivity contribution in [2.45, 2.75) is 13.1 Å². The van der Waals surface area contributed by atoms with Crippen molar-refractivity contribution in [1.29, 1.82) is 0 Å². The van der Waals surface area contributed by atoms with Gasteiger partial charge in [-0.3, -0.25) is 0 Å². The Morgan fingerprint density at radius 1 is 1.05 bits per heavy atom. The number of alkyl halides is 3. The zero-order chi connectivity index (χ0) is 16.3. The van der Waals surface area contributed by atoms with Crippen molar-refractivity contribution in [3.63, 3.8) is 0 Å². The number of halogens is 3. The standard InChI is InChI=1S/C16H17F3N2O/c1-11-9-13(5-8-15(11)20)21(2)12-3-6-14(7-4-12)22-10-16(17,18)19/h3-9H,10,20H2,1-2H3. The highest BCUT2D eigenvalue weighted by Crippen LogP contribution is 2.28. The Kier molecular flexibility index (Phi) is 4.49. The normalized spacial score (nSPS) is 11.3. The van der Waals surface area contributed by atoms with Gasteiger partial charge < -0.3 is 15.4 Å². The molecule has 0 radical (unpaired) electrons. The fraction of sp³-hybridized carbons (Fsp3) is 0.250. The monoisotopic (exact) mass is 310 g/mol. The van der Waals surface area contributed by atoms with E-state index < -0.39 is 12.8 Å². The molecule has 2 aromatic rings. The fourth-order valence-electron chi connectivity index (χ4n) is 1.95. The lowest BCUT2D eigenvalue weighted by Gasteiger charge is -2.21. The Balaban J connectivity index is 2.10. The van der Waals surface area contributed by atoms with E-state index in [0.29, 0.717) is 5.69 Å². The summed E-state index contributed by atoms with van der Waals surface area (Å²) in [6.45, 7) is 0.625. The largest absolute Gasteiger partial charge is 0.484 e. The third-order valence-corrected chi connectivity index (χ3v) is 3.27. The smallest absolute Gasteiger partial charge is 0.422 e. The number of nitrogens with two attached hydrogens (primary N) is 1. The quantitative estimate of drug-likeness (QED) is 0.856. The fourth-order valence-corrected chi connectivity index (χ4v) is 1.95. The lowest BCUT2D eigenvalue weighted by atomic mass is 10.1. The average molecular weight is 310 g/mol. The van der Waals surface area contributed by atoms with Crippen LogP contribution in [-0.4, -0.2) is 19.8 Å². The number of ether oxygens (including phenoxy) is 1. The van der Waals surface area contributed by atoms with Gasteiger partial charge in [0.25, 0.3) is 0 Å². The summed E-state index contributed by atoms with van der Waals surface area (Å²) in [7, 11) is 1.87. The van der Waals surface area contributed by atoms with Gasteiger partial charge in [0.05, 0.1) is 0 Å². The minimum atomic E-state index is -4.34. The van der Waals surface area contributed by atoms with Gasteiger partial charge in [0.1, 0.15) is 5.75 Å². The lowest BCUT2D eigenvalue weighted by Crippen LogP contribution is -2.19. The molecule has 22 heavy (non-hydrogen) atoms. The molecular formula is C16H17F3N2O. The second-order valence-electron chi connectivity index (χ2n) is 5.00. The maximum absolute atomic E-state index is 12.1. The zero-order valence-corrected chi connectivity index (χ0v) is 12.3. The molecule has 2 aromatic carbocycles. The second-order valence-corrected chi connectivity index (χ2v) is 5.00. The van der Waals surface area contributed by atoms with Crippen molar-refractivity contribution in [1.82, 2.24) is 0 Å². The minimum Gasteiger partial charge on any atom is -0.484 e. The number of rotatable bonds is 4. The molecule has 118 valence electrons. The zero-order valence-electron chi connectivity index (χ0n) is 12.3. The van der Waals surface area contributed by atoms with E-state index in [0.717, 1.165) is 16.9 Å². The van der Waals surface area contributed by atoms with E-state index in [4.69, 9.17) is 5.73 Å². The molecule has 6 heteroatoms. The van der Waals surface area contributed by atoms with Crippen LogP contribution in [0.2, 0.25) is 0 Å². The molecule has 0 amide bonds. The van der Waals surface area contributed by atoms with Gasteiger partial charge in [0, 0.05) is 24.1 Å². The van der Waals surface area contributed by atoms with E-state index in [1.54, 1.807) is 12.1 Å². The minimum absolute atomic E-state index is 0.183. The molecule has 2 N–H and O–H groups in total. The van der Waals surface area contributed by atoms with Crippen LogP contribution in [0.4, 0.5) is 30.2 Å². The predicted octanol–water partition coefficient (Wildman–Crippen LogP) is 4.29. The van der Waals surface area contributed by atoms with E-state index in [-0.39, 0.29) is 5.75 Å². The summed E-state index contributed by atoms with van der Waals surface area (Å²) >= 11 is 0. The van der Waals surface area contributed by atoms with Crippen molar-refractivity contribution in [3.05, 3.63) is 48.0 Å². The molecule has 0 aromatic heterocycles. The van der Waals surface area contributed by atoms with E-state index in [1.807, 2.05) is 37.1 Å². The molecule has 0 fully saturated rings. The first kappa shape index (κ1) is 16.0. The Labute approximate surface area is 127 Å². The van der Waals surface area contributed by atoms with Gasteiger partial charge >= 0.3 is 6.18 Å². The van der Waals surface area contributed by atoms with Crippen LogP contribution in [-0.2, 0) is 0 Å². The van der Waals surface area contributed by atoms with Crippen molar-refractivity contribution in [2.24, 2.45) is 0 Å². The molecule has 0 aliphatic carbocycles. The second kappa shape index (κ2) is 6.17. The molecule has 0 saturated carbocycles. The first-order valence-corrected chi connectivity index (χ1v) is 6.66. The predicted molar refractivity (Wildman–Crippen MR) is 81.6 cm³/mol. The molecule has 0 aliphatic heterocycles. The first-order chi connectivity index (χ1) is 10.3. The Bertz CT molecular complexity index is 639. The molecule has 0 unspecified atom stereocenters. The number of hydrogen-bond acceptors (Lipinski definition) is 3. The third-order valence-electron chi connectivity index (χ3n) is 3.27. The Morgan fingerprint density at radius 2 is 1.64 bits per heavy atom.